The molecule has 1 atom stereocenters. The van der Waals surface area contributed by atoms with Crippen LogP contribution in [0.25, 0.3) is 0 Å². The summed E-state index contributed by atoms with van der Waals surface area (Å²) in [6, 6.07) is 4.09. The van der Waals surface area contributed by atoms with Crippen LogP contribution < -0.4 is 0 Å². The predicted octanol–water partition coefficient (Wildman–Crippen LogP) is 1.64. The van der Waals surface area contributed by atoms with Crippen molar-refractivity contribution in [2.45, 2.75) is 32.2 Å². The van der Waals surface area contributed by atoms with Crippen molar-refractivity contribution in [3.63, 3.8) is 0 Å². The second-order valence-corrected chi connectivity index (χ2v) is 4.70. The molecule has 0 bridgehead atoms. The Morgan fingerprint density at radius 3 is 2.79 bits per heavy atom. The predicted molar refractivity (Wildman–Crippen MR) is 69.2 cm³/mol. The maximum absolute atomic E-state index is 12.4. The third-order valence-electron chi connectivity index (χ3n) is 3.50. The molecule has 0 saturated carbocycles. The number of phenolic OH excluding ortho intramolecular Hbond substituents is 1. The molecule has 1 unspecified atom stereocenters. The number of benzene rings is 1. The summed E-state index contributed by atoms with van der Waals surface area (Å²) in [5.41, 5.74) is 1.12. The lowest BCUT2D eigenvalue weighted by Gasteiger charge is -2.22. The van der Waals surface area contributed by atoms with E-state index in [0.717, 1.165) is 12.0 Å². The summed E-state index contributed by atoms with van der Waals surface area (Å²) >= 11 is 0. The van der Waals surface area contributed by atoms with Crippen molar-refractivity contribution in [3.05, 3.63) is 29.3 Å². The normalized spacial score (nSPS) is 18.6. The monoisotopic (exact) mass is 263 g/mol. The number of carbonyl (C=O) groups is 2. The van der Waals surface area contributed by atoms with Crippen molar-refractivity contribution in [1.29, 1.82) is 0 Å². The zero-order chi connectivity index (χ0) is 14.0. The van der Waals surface area contributed by atoms with Crippen LogP contribution in [0.1, 0.15) is 35.7 Å². The summed E-state index contributed by atoms with van der Waals surface area (Å²) in [6.07, 6.45) is 1.90. The van der Waals surface area contributed by atoms with Crippen LogP contribution in [-0.4, -0.2) is 39.6 Å². The van der Waals surface area contributed by atoms with Gasteiger partial charge in [0.25, 0.3) is 5.91 Å². The fourth-order valence-corrected chi connectivity index (χ4v) is 2.40. The molecule has 1 aliphatic rings. The van der Waals surface area contributed by atoms with Gasteiger partial charge in [0, 0.05) is 6.54 Å². The number of aliphatic carboxylic acids is 1. The number of aryl methyl sites for hydroxylation is 1. The molecular formula is C14H17NO4. The van der Waals surface area contributed by atoms with Crippen LogP contribution in [0, 0.1) is 0 Å². The molecule has 0 radical (unpaired) electrons. The molecule has 2 N–H and O–H groups in total. The first-order valence-electron chi connectivity index (χ1n) is 6.40. The van der Waals surface area contributed by atoms with E-state index >= 15 is 0 Å². The highest BCUT2D eigenvalue weighted by Gasteiger charge is 2.35. The highest BCUT2D eigenvalue weighted by atomic mass is 16.4. The van der Waals surface area contributed by atoms with Crippen molar-refractivity contribution in [2.75, 3.05) is 6.54 Å². The van der Waals surface area contributed by atoms with Gasteiger partial charge in [0.2, 0.25) is 0 Å². The Morgan fingerprint density at radius 1 is 1.42 bits per heavy atom. The Bertz CT molecular complexity index is 512. The summed E-state index contributed by atoms with van der Waals surface area (Å²) in [4.78, 5) is 24.8. The van der Waals surface area contributed by atoms with E-state index < -0.39 is 17.9 Å². The lowest BCUT2D eigenvalue weighted by Crippen LogP contribution is -2.40. The summed E-state index contributed by atoms with van der Waals surface area (Å²) in [5.74, 6) is -1.49. The van der Waals surface area contributed by atoms with E-state index in [1.54, 1.807) is 12.1 Å². The number of phenols is 1. The molecule has 5 heteroatoms. The summed E-state index contributed by atoms with van der Waals surface area (Å²) in [6.45, 7) is 2.38. The molecule has 1 aromatic carbocycles. The van der Waals surface area contributed by atoms with Crippen LogP contribution in [0.4, 0.5) is 0 Å². The van der Waals surface area contributed by atoms with E-state index in [2.05, 4.69) is 0 Å². The zero-order valence-electron chi connectivity index (χ0n) is 10.8. The molecule has 1 amide bonds. The van der Waals surface area contributed by atoms with Gasteiger partial charge in [-0.05, 0) is 37.0 Å². The molecule has 0 spiro atoms. The van der Waals surface area contributed by atoms with Crippen LogP contribution in [0.5, 0.6) is 5.75 Å². The van der Waals surface area contributed by atoms with Crippen LogP contribution in [0.2, 0.25) is 0 Å². The van der Waals surface area contributed by atoms with Crippen molar-refractivity contribution >= 4 is 11.9 Å². The van der Waals surface area contributed by atoms with Crippen molar-refractivity contribution in [1.82, 2.24) is 4.90 Å². The fraction of sp³-hybridized carbons (Fsp3) is 0.429. The van der Waals surface area contributed by atoms with Gasteiger partial charge in [0.05, 0.1) is 5.56 Å². The van der Waals surface area contributed by atoms with Crippen molar-refractivity contribution in [3.8, 4) is 5.75 Å². The summed E-state index contributed by atoms with van der Waals surface area (Å²) < 4.78 is 0. The third-order valence-corrected chi connectivity index (χ3v) is 3.50. The second kappa shape index (κ2) is 5.30. The quantitative estimate of drug-likeness (QED) is 0.869. The standard InChI is InChI=1S/C14H17NO4/c1-2-9-5-6-12(16)10(8-9)13(17)15-7-3-4-11(15)14(18)19/h5-6,8,11,16H,2-4,7H2,1H3,(H,18,19). The van der Waals surface area contributed by atoms with Gasteiger partial charge in [-0.2, -0.15) is 0 Å². The molecular weight excluding hydrogens is 246 g/mol. The highest BCUT2D eigenvalue weighted by molar-refractivity contribution is 5.99. The first-order valence-corrected chi connectivity index (χ1v) is 6.40. The van der Waals surface area contributed by atoms with Gasteiger partial charge in [-0.3, -0.25) is 4.79 Å². The summed E-state index contributed by atoms with van der Waals surface area (Å²) in [7, 11) is 0. The van der Waals surface area contributed by atoms with Crippen LogP contribution in [0.3, 0.4) is 0 Å². The highest BCUT2D eigenvalue weighted by Crippen LogP contribution is 2.25. The lowest BCUT2D eigenvalue weighted by molar-refractivity contribution is -0.141. The number of aromatic hydroxyl groups is 1. The van der Waals surface area contributed by atoms with Gasteiger partial charge in [0.1, 0.15) is 11.8 Å². The lowest BCUT2D eigenvalue weighted by atomic mass is 10.1. The molecule has 102 valence electrons. The van der Waals surface area contributed by atoms with Gasteiger partial charge in [-0.25, -0.2) is 4.79 Å². The maximum atomic E-state index is 12.4. The van der Waals surface area contributed by atoms with Gasteiger partial charge in [0.15, 0.2) is 0 Å². The average molecular weight is 263 g/mol. The molecule has 0 aromatic heterocycles. The Kier molecular flexibility index (Phi) is 3.74. The first-order chi connectivity index (χ1) is 9.04. The average Bonchev–Trinajstić information content (AvgIpc) is 2.88. The van der Waals surface area contributed by atoms with Crippen LogP contribution in [0.15, 0.2) is 18.2 Å². The van der Waals surface area contributed by atoms with Crippen LogP contribution >= 0.6 is 0 Å². The number of carboxylic acid groups (broad SMARTS) is 1. The van der Waals surface area contributed by atoms with Gasteiger partial charge in [-0.1, -0.05) is 13.0 Å². The molecule has 0 aliphatic carbocycles. The smallest absolute Gasteiger partial charge is 0.326 e. The molecule has 2 rings (SSSR count). The van der Waals surface area contributed by atoms with E-state index in [4.69, 9.17) is 5.11 Å². The minimum Gasteiger partial charge on any atom is -0.507 e. The van der Waals surface area contributed by atoms with E-state index in [-0.39, 0.29) is 11.3 Å². The molecule has 1 saturated heterocycles. The Morgan fingerprint density at radius 2 is 2.16 bits per heavy atom. The van der Waals surface area contributed by atoms with E-state index in [0.29, 0.717) is 19.4 Å². The van der Waals surface area contributed by atoms with E-state index in [9.17, 15) is 14.7 Å². The number of likely N-dealkylation sites (tertiary alicyclic amines) is 1. The molecule has 5 nitrogen and oxygen atoms in total. The topological polar surface area (TPSA) is 77.8 Å². The Labute approximate surface area is 111 Å². The van der Waals surface area contributed by atoms with E-state index in [1.165, 1.54) is 11.0 Å². The third kappa shape index (κ3) is 2.54. The fourth-order valence-electron chi connectivity index (χ4n) is 2.40. The molecule has 19 heavy (non-hydrogen) atoms. The second-order valence-electron chi connectivity index (χ2n) is 4.70. The Hall–Kier alpha value is -2.04. The summed E-state index contributed by atoms with van der Waals surface area (Å²) in [5, 5.41) is 18.9. The largest absolute Gasteiger partial charge is 0.507 e. The SMILES string of the molecule is CCc1ccc(O)c(C(=O)N2CCCC2C(=O)O)c1. The number of rotatable bonds is 3. The number of carboxylic acids is 1. The molecule has 1 aromatic rings. The van der Waals surface area contributed by atoms with Gasteiger partial charge < -0.3 is 15.1 Å². The maximum Gasteiger partial charge on any atom is 0.326 e. The zero-order valence-corrected chi connectivity index (χ0v) is 10.8. The van der Waals surface area contributed by atoms with Crippen molar-refractivity contribution < 1.29 is 19.8 Å². The van der Waals surface area contributed by atoms with Crippen molar-refractivity contribution in [2.24, 2.45) is 0 Å². The molecule has 1 heterocycles. The molecule has 1 fully saturated rings. The van der Waals surface area contributed by atoms with Gasteiger partial charge in [-0.15, -0.1) is 0 Å². The molecule has 1 aliphatic heterocycles. The number of carbonyl (C=O) groups excluding carboxylic acids is 1. The Balaban J connectivity index is 2.31. The van der Waals surface area contributed by atoms with Crippen LogP contribution in [-0.2, 0) is 11.2 Å². The minimum absolute atomic E-state index is 0.0989. The number of hydrogen-bond donors (Lipinski definition) is 2. The number of amides is 1. The van der Waals surface area contributed by atoms with Gasteiger partial charge >= 0.3 is 5.97 Å². The first kappa shape index (κ1) is 13.4. The number of nitrogens with zero attached hydrogens (tertiary/aromatic N) is 1. The number of hydrogen-bond acceptors (Lipinski definition) is 3. The van der Waals surface area contributed by atoms with E-state index in [1.807, 2.05) is 6.92 Å². The minimum atomic E-state index is -0.989.